The average molecular weight is 377 g/mol. The molecule has 1 saturated heterocycles. The fourth-order valence-corrected chi connectivity index (χ4v) is 3.21. The van der Waals surface area contributed by atoms with Crippen molar-refractivity contribution in [1.82, 2.24) is 0 Å². The van der Waals surface area contributed by atoms with Gasteiger partial charge in [0.05, 0.1) is 10.8 Å². The van der Waals surface area contributed by atoms with Crippen LogP contribution >= 0.6 is 0 Å². The summed E-state index contributed by atoms with van der Waals surface area (Å²) < 4.78 is 29.6. The number of piperidine rings is 1. The van der Waals surface area contributed by atoms with Crippen LogP contribution < -0.4 is 4.90 Å². The summed E-state index contributed by atoms with van der Waals surface area (Å²) in [5.41, 5.74) is 2.15. The average Bonchev–Trinajstić information content (AvgIpc) is 2.63. The third kappa shape index (κ3) is 5.86. The van der Waals surface area contributed by atoms with Crippen molar-refractivity contribution in [3.8, 4) is 0 Å². The van der Waals surface area contributed by atoms with E-state index >= 15 is 0 Å². The highest BCUT2D eigenvalue weighted by Gasteiger charge is 2.24. The number of rotatable bonds is 3. The van der Waals surface area contributed by atoms with Gasteiger partial charge in [0.1, 0.15) is 0 Å². The zero-order valence-electron chi connectivity index (χ0n) is 14.6. The molecular weight excluding hydrogens is 354 g/mol. The van der Waals surface area contributed by atoms with Crippen LogP contribution in [0.3, 0.4) is 0 Å². The highest BCUT2D eigenvalue weighted by Crippen LogP contribution is 2.22. The van der Waals surface area contributed by atoms with Crippen LogP contribution in [0.4, 0.5) is 5.69 Å². The number of anilines is 1. The summed E-state index contributed by atoms with van der Waals surface area (Å²) in [5.74, 6) is -0.798. The molecule has 0 aromatic heterocycles. The van der Waals surface area contributed by atoms with Crippen molar-refractivity contribution in [2.75, 3.05) is 18.0 Å². The first kappa shape index (κ1) is 19.9. The van der Waals surface area contributed by atoms with Crippen molar-refractivity contribution < 1.29 is 22.9 Å². The van der Waals surface area contributed by atoms with Crippen molar-refractivity contribution in [2.45, 2.75) is 24.7 Å². The fourth-order valence-electron chi connectivity index (χ4n) is 2.73. The van der Waals surface area contributed by atoms with Crippen LogP contribution in [0.1, 0.15) is 18.4 Å². The summed E-state index contributed by atoms with van der Waals surface area (Å²) in [6, 6.07) is 16.1. The monoisotopic (exact) mass is 377 g/mol. The molecule has 6 nitrogen and oxygen atoms in total. The van der Waals surface area contributed by atoms with Gasteiger partial charge in [-0.25, -0.2) is 0 Å². The first-order valence-corrected chi connectivity index (χ1v) is 9.78. The number of nitrogens with zero attached hydrogens (tertiary/aromatic N) is 1. The molecule has 1 fully saturated rings. The van der Waals surface area contributed by atoms with Gasteiger partial charge in [-0.15, -0.1) is 0 Å². The van der Waals surface area contributed by atoms with Crippen LogP contribution in [0.2, 0.25) is 0 Å². The Labute approximate surface area is 153 Å². The number of benzene rings is 2. The van der Waals surface area contributed by atoms with Crippen LogP contribution in [-0.2, 0) is 14.9 Å². The maximum Gasteiger partial charge on any atom is 0.306 e. The Kier molecular flexibility index (Phi) is 6.76. The van der Waals surface area contributed by atoms with Crippen LogP contribution in [-0.4, -0.2) is 37.1 Å². The summed E-state index contributed by atoms with van der Waals surface area (Å²) >= 11 is 0. The van der Waals surface area contributed by atoms with Crippen molar-refractivity contribution in [1.29, 1.82) is 0 Å². The Morgan fingerprint density at radius 2 is 1.54 bits per heavy atom. The standard InChI is InChI=1S/C12H15NO2.C7H8O3S/c14-12(15)10-6-8-13(9-7-10)11-4-2-1-3-5-11;1-6-2-4-7(5-3-6)11(8,9)10/h1-5,10H,6-9H2,(H,14,15);2-5H,1H3,(H,8,9,10). The molecule has 1 aliphatic heterocycles. The normalized spacial score (nSPS) is 15.1. The van der Waals surface area contributed by atoms with Crippen LogP contribution in [0.15, 0.2) is 59.5 Å². The quantitative estimate of drug-likeness (QED) is 0.798. The molecule has 3 rings (SSSR count). The number of carbonyl (C=O) groups is 1. The minimum Gasteiger partial charge on any atom is -0.481 e. The van der Waals surface area contributed by atoms with Crippen LogP contribution in [0, 0.1) is 12.8 Å². The Balaban J connectivity index is 0.000000197. The molecule has 7 heteroatoms. The van der Waals surface area contributed by atoms with Crippen molar-refractivity contribution >= 4 is 21.8 Å². The number of para-hydroxylation sites is 1. The third-order valence-corrected chi connectivity index (χ3v) is 5.15. The smallest absolute Gasteiger partial charge is 0.306 e. The fraction of sp³-hybridized carbons (Fsp3) is 0.316. The Bertz CT molecular complexity index is 811. The van der Waals surface area contributed by atoms with Crippen molar-refractivity contribution in [3.05, 3.63) is 60.2 Å². The molecule has 0 atom stereocenters. The zero-order chi connectivity index (χ0) is 19.2. The van der Waals surface area contributed by atoms with E-state index in [4.69, 9.17) is 9.66 Å². The Morgan fingerprint density at radius 1 is 1.00 bits per heavy atom. The molecule has 0 bridgehead atoms. The number of carboxylic acids is 1. The van der Waals surface area contributed by atoms with E-state index < -0.39 is 16.1 Å². The van der Waals surface area contributed by atoms with Gasteiger partial charge in [0, 0.05) is 18.8 Å². The second-order valence-electron chi connectivity index (χ2n) is 6.22. The summed E-state index contributed by atoms with van der Waals surface area (Å²) in [4.78, 5) is 13.0. The second-order valence-corrected chi connectivity index (χ2v) is 7.64. The lowest BCUT2D eigenvalue weighted by molar-refractivity contribution is -0.142. The molecule has 0 spiro atoms. The number of hydrogen-bond acceptors (Lipinski definition) is 4. The lowest BCUT2D eigenvalue weighted by Gasteiger charge is -2.31. The van der Waals surface area contributed by atoms with Gasteiger partial charge in [-0.1, -0.05) is 35.9 Å². The number of hydrogen-bond donors (Lipinski definition) is 2. The predicted octanol–water partition coefficient (Wildman–Crippen LogP) is 3.23. The third-order valence-electron chi connectivity index (χ3n) is 4.28. The molecule has 0 unspecified atom stereocenters. The van der Waals surface area contributed by atoms with Crippen LogP contribution in [0.5, 0.6) is 0 Å². The van der Waals surface area contributed by atoms with Gasteiger partial charge in [-0.05, 0) is 44.0 Å². The zero-order valence-corrected chi connectivity index (χ0v) is 15.4. The Hall–Kier alpha value is -2.38. The molecule has 1 aliphatic rings. The van der Waals surface area contributed by atoms with Gasteiger partial charge in [-0.3, -0.25) is 9.35 Å². The number of aliphatic carboxylic acids is 1. The molecule has 2 aromatic carbocycles. The molecule has 140 valence electrons. The first-order valence-electron chi connectivity index (χ1n) is 8.34. The highest BCUT2D eigenvalue weighted by atomic mass is 32.2. The number of carboxylic acid groups (broad SMARTS) is 1. The maximum absolute atomic E-state index is 10.8. The second kappa shape index (κ2) is 8.82. The molecule has 0 saturated carbocycles. The topological polar surface area (TPSA) is 94.9 Å². The predicted molar refractivity (Wildman–Crippen MR) is 100 cm³/mol. The maximum atomic E-state index is 10.8. The molecule has 1 heterocycles. The minimum atomic E-state index is -4.02. The van der Waals surface area contributed by atoms with E-state index in [1.165, 1.54) is 17.8 Å². The lowest BCUT2D eigenvalue weighted by atomic mass is 9.97. The molecule has 2 aromatic rings. The summed E-state index contributed by atoms with van der Waals surface area (Å²) in [6.45, 7) is 3.54. The molecule has 2 N–H and O–H groups in total. The lowest BCUT2D eigenvalue weighted by Crippen LogP contribution is -2.36. The largest absolute Gasteiger partial charge is 0.481 e. The van der Waals surface area contributed by atoms with E-state index in [2.05, 4.69) is 17.0 Å². The van der Waals surface area contributed by atoms with Crippen LogP contribution in [0.25, 0.3) is 0 Å². The van der Waals surface area contributed by atoms with Gasteiger partial charge in [0.2, 0.25) is 0 Å². The first-order chi connectivity index (χ1) is 12.3. The molecule has 0 amide bonds. The van der Waals surface area contributed by atoms with Gasteiger partial charge in [0.25, 0.3) is 10.1 Å². The highest BCUT2D eigenvalue weighted by molar-refractivity contribution is 7.85. The molecule has 26 heavy (non-hydrogen) atoms. The molecular formula is C19H23NO5S. The molecule has 0 aliphatic carbocycles. The van der Waals surface area contributed by atoms with E-state index in [9.17, 15) is 13.2 Å². The van der Waals surface area contributed by atoms with Gasteiger partial charge < -0.3 is 10.0 Å². The van der Waals surface area contributed by atoms with Crippen molar-refractivity contribution in [2.24, 2.45) is 5.92 Å². The molecule has 0 radical (unpaired) electrons. The van der Waals surface area contributed by atoms with Gasteiger partial charge in [-0.2, -0.15) is 8.42 Å². The number of aryl methyl sites for hydroxylation is 1. The van der Waals surface area contributed by atoms with E-state index in [-0.39, 0.29) is 10.8 Å². The summed E-state index contributed by atoms with van der Waals surface area (Å²) in [6.07, 6.45) is 1.51. The van der Waals surface area contributed by atoms with E-state index in [1.807, 2.05) is 25.1 Å². The van der Waals surface area contributed by atoms with E-state index in [1.54, 1.807) is 12.1 Å². The van der Waals surface area contributed by atoms with E-state index in [0.29, 0.717) is 0 Å². The van der Waals surface area contributed by atoms with E-state index in [0.717, 1.165) is 31.5 Å². The SMILES string of the molecule is Cc1ccc(S(=O)(=O)O)cc1.O=C(O)C1CCN(c2ccccc2)CC1. The summed E-state index contributed by atoms with van der Waals surface area (Å²) in [7, 11) is -4.02. The van der Waals surface area contributed by atoms with Crippen molar-refractivity contribution in [3.63, 3.8) is 0 Å². The summed E-state index contributed by atoms with van der Waals surface area (Å²) in [5, 5.41) is 8.88. The Morgan fingerprint density at radius 3 is 2.00 bits per heavy atom. The van der Waals surface area contributed by atoms with Gasteiger partial charge in [0.15, 0.2) is 0 Å². The minimum absolute atomic E-state index is 0.0666. The van der Waals surface area contributed by atoms with Gasteiger partial charge >= 0.3 is 5.97 Å².